The minimum absolute atomic E-state index is 0.801. The molecule has 1 aliphatic rings. The maximum atomic E-state index is 4.35. The highest BCUT2D eigenvalue weighted by Gasteiger charge is 2.15. The summed E-state index contributed by atoms with van der Waals surface area (Å²) in [5.41, 5.74) is 3.00. The van der Waals surface area contributed by atoms with E-state index in [0.29, 0.717) is 0 Å². The maximum absolute atomic E-state index is 4.35. The summed E-state index contributed by atoms with van der Waals surface area (Å²) in [7, 11) is 3.82. The zero-order valence-electron chi connectivity index (χ0n) is 17.0. The molecule has 26 heavy (non-hydrogen) atoms. The number of aromatic nitrogens is 5. The van der Waals surface area contributed by atoms with Crippen LogP contribution in [0.2, 0.25) is 0 Å². The van der Waals surface area contributed by atoms with Crippen LogP contribution in [0.3, 0.4) is 0 Å². The number of rotatable bonds is 1. The molecule has 0 saturated heterocycles. The number of aryl methyl sites for hydroxylation is 3. The van der Waals surface area contributed by atoms with Crippen LogP contribution < -0.4 is 5.32 Å². The van der Waals surface area contributed by atoms with Gasteiger partial charge in [-0.25, -0.2) is 4.98 Å². The molecule has 1 aliphatic heterocycles. The van der Waals surface area contributed by atoms with Crippen LogP contribution in [-0.2, 0) is 20.5 Å². The number of nitrogens with zero attached hydrogens (tertiary/aromatic N) is 6. The first kappa shape index (κ1) is 21.3. The monoisotopic (exact) mass is 357 g/mol. The van der Waals surface area contributed by atoms with Crippen molar-refractivity contribution in [3.05, 3.63) is 30.2 Å². The van der Waals surface area contributed by atoms with Crippen molar-refractivity contribution in [2.24, 2.45) is 19.1 Å². The summed E-state index contributed by atoms with van der Waals surface area (Å²) < 4.78 is 3.61. The van der Waals surface area contributed by atoms with E-state index in [1.54, 1.807) is 10.9 Å². The Morgan fingerprint density at radius 3 is 2.50 bits per heavy atom. The van der Waals surface area contributed by atoms with Gasteiger partial charge in [-0.2, -0.15) is 10.2 Å². The van der Waals surface area contributed by atoms with Crippen molar-refractivity contribution < 1.29 is 0 Å². The van der Waals surface area contributed by atoms with Crippen LogP contribution in [0.25, 0.3) is 11.0 Å². The zero-order valence-corrected chi connectivity index (χ0v) is 17.0. The fourth-order valence-electron chi connectivity index (χ4n) is 2.40. The summed E-state index contributed by atoms with van der Waals surface area (Å²) in [6.07, 6.45) is 6.39. The van der Waals surface area contributed by atoms with Crippen LogP contribution in [0.4, 0.5) is 11.5 Å². The molecule has 7 heteroatoms. The molecular formula is C19H31N7. The average molecular weight is 358 g/mol. The molecule has 4 rings (SSSR count). The molecule has 0 bridgehead atoms. The van der Waals surface area contributed by atoms with E-state index in [0.717, 1.165) is 41.2 Å². The number of pyridine rings is 1. The third-order valence-electron chi connectivity index (χ3n) is 3.50. The van der Waals surface area contributed by atoms with E-state index in [1.165, 1.54) is 0 Å². The molecule has 0 spiro atoms. The van der Waals surface area contributed by atoms with Crippen molar-refractivity contribution >= 4 is 28.8 Å². The summed E-state index contributed by atoms with van der Waals surface area (Å²) in [5.74, 6) is 1.04. The van der Waals surface area contributed by atoms with Crippen LogP contribution >= 0.6 is 0 Å². The lowest BCUT2D eigenvalue weighted by molar-refractivity contribution is 0.751. The topological polar surface area (TPSA) is 72.9 Å². The maximum Gasteiger partial charge on any atom is 0.157 e. The molecule has 7 nitrogen and oxygen atoms in total. The van der Waals surface area contributed by atoms with Crippen LogP contribution in [0.1, 0.15) is 40.3 Å². The standard InChI is InChI=1S/C8H12N4.C7H7N3.2C2H6/c1-3-6-7-8(12(2)11-6)10-5-4-9-7;1-10-7-6(5-9-10)3-2-4-8-7;2*1-2/h4,10H,3,5H2,1-2H3;2-5H,1H3;2*1-2H3. The van der Waals surface area contributed by atoms with Crippen molar-refractivity contribution in [1.82, 2.24) is 24.5 Å². The van der Waals surface area contributed by atoms with E-state index < -0.39 is 0 Å². The summed E-state index contributed by atoms with van der Waals surface area (Å²) in [5, 5.41) is 12.7. The number of nitrogens with one attached hydrogen (secondary N) is 1. The second-order valence-corrected chi connectivity index (χ2v) is 5.00. The minimum atomic E-state index is 0.801. The Bertz CT molecular complexity index is 815. The molecule has 0 fully saturated rings. The predicted octanol–water partition coefficient (Wildman–Crippen LogP) is 4.13. The Morgan fingerprint density at radius 1 is 1.12 bits per heavy atom. The highest BCUT2D eigenvalue weighted by atomic mass is 15.3. The molecule has 0 radical (unpaired) electrons. The van der Waals surface area contributed by atoms with E-state index >= 15 is 0 Å². The molecule has 0 saturated carbocycles. The van der Waals surface area contributed by atoms with Gasteiger partial charge < -0.3 is 5.32 Å². The van der Waals surface area contributed by atoms with E-state index in [-0.39, 0.29) is 0 Å². The molecule has 3 aromatic rings. The SMILES string of the molecule is CC.CC.CCc1nn(C)c2c1N=CCN2.Cn1ncc2cccnc21. The van der Waals surface area contributed by atoms with E-state index in [9.17, 15) is 0 Å². The fraction of sp³-hybridized carbons (Fsp3) is 0.474. The van der Waals surface area contributed by atoms with Gasteiger partial charge in [-0.05, 0) is 18.6 Å². The molecule has 4 heterocycles. The second-order valence-electron chi connectivity index (χ2n) is 5.00. The van der Waals surface area contributed by atoms with E-state index in [2.05, 4.69) is 32.4 Å². The molecule has 0 unspecified atom stereocenters. The average Bonchev–Trinajstić information content (AvgIpc) is 3.26. The second kappa shape index (κ2) is 11.0. The normalized spacial score (nSPS) is 11.0. The van der Waals surface area contributed by atoms with E-state index in [1.807, 2.05) is 71.0 Å². The summed E-state index contributed by atoms with van der Waals surface area (Å²) in [6, 6.07) is 3.90. The molecule has 0 atom stereocenters. The third-order valence-corrected chi connectivity index (χ3v) is 3.50. The van der Waals surface area contributed by atoms with Crippen molar-refractivity contribution in [1.29, 1.82) is 0 Å². The van der Waals surface area contributed by atoms with Gasteiger partial charge in [0, 0.05) is 31.9 Å². The first-order valence-corrected chi connectivity index (χ1v) is 9.25. The Hall–Kier alpha value is -2.70. The Morgan fingerprint density at radius 2 is 1.85 bits per heavy atom. The van der Waals surface area contributed by atoms with Crippen molar-refractivity contribution in [2.75, 3.05) is 11.9 Å². The molecule has 0 amide bonds. The number of hydrogen-bond acceptors (Lipinski definition) is 5. The van der Waals surface area contributed by atoms with Gasteiger partial charge in [0.05, 0.1) is 18.4 Å². The van der Waals surface area contributed by atoms with Crippen LogP contribution in [0, 0.1) is 0 Å². The Labute approximate surface area is 156 Å². The summed E-state index contributed by atoms with van der Waals surface area (Å²) in [4.78, 5) is 8.46. The number of aliphatic imine (C=N–C) groups is 1. The van der Waals surface area contributed by atoms with Crippen LogP contribution in [0.15, 0.2) is 29.5 Å². The lowest BCUT2D eigenvalue weighted by atomic mass is 10.3. The highest BCUT2D eigenvalue weighted by molar-refractivity contribution is 5.79. The van der Waals surface area contributed by atoms with Crippen molar-refractivity contribution in [3.8, 4) is 0 Å². The minimum Gasteiger partial charge on any atom is -0.363 e. The van der Waals surface area contributed by atoms with Gasteiger partial charge in [0.1, 0.15) is 5.69 Å². The van der Waals surface area contributed by atoms with E-state index in [4.69, 9.17) is 0 Å². The number of hydrogen-bond donors (Lipinski definition) is 1. The largest absolute Gasteiger partial charge is 0.363 e. The first-order chi connectivity index (χ1) is 12.7. The quantitative estimate of drug-likeness (QED) is 0.710. The predicted molar refractivity (Wildman–Crippen MR) is 110 cm³/mol. The first-order valence-electron chi connectivity index (χ1n) is 9.25. The van der Waals surface area contributed by atoms with Gasteiger partial charge in [0.25, 0.3) is 0 Å². The van der Waals surface area contributed by atoms with Crippen molar-refractivity contribution in [2.45, 2.75) is 41.0 Å². The van der Waals surface area contributed by atoms with Gasteiger partial charge in [-0.1, -0.05) is 34.6 Å². The van der Waals surface area contributed by atoms with Gasteiger partial charge in [-0.3, -0.25) is 14.4 Å². The number of fused-ring (bicyclic) bond motifs is 2. The molecule has 3 aromatic heterocycles. The molecule has 142 valence electrons. The van der Waals surface area contributed by atoms with Gasteiger partial charge in [0.2, 0.25) is 0 Å². The van der Waals surface area contributed by atoms with Crippen molar-refractivity contribution in [3.63, 3.8) is 0 Å². The Balaban J connectivity index is 0.000000221. The third kappa shape index (κ3) is 4.91. The fourth-order valence-corrected chi connectivity index (χ4v) is 2.40. The lowest BCUT2D eigenvalue weighted by Gasteiger charge is -2.08. The lowest BCUT2D eigenvalue weighted by Crippen LogP contribution is -2.09. The van der Waals surface area contributed by atoms with Gasteiger partial charge in [-0.15, -0.1) is 0 Å². The number of anilines is 1. The van der Waals surface area contributed by atoms with Gasteiger partial charge >= 0.3 is 0 Å². The summed E-state index contributed by atoms with van der Waals surface area (Å²) >= 11 is 0. The molecule has 1 N–H and O–H groups in total. The summed E-state index contributed by atoms with van der Waals surface area (Å²) in [6.45, 7) is 10.9. The smallest absolute Gasteiger partial charge is 0.157 e. The van der Waals surface area contributed by atoms with Gasteiger partial charge in [0.15, 0.2) is 11.5 Å². The highest BCUT2D eigenvalue weighted by Crippen LogP contribution is 2.30. The van der Waals surface area contributed by atoms with Crippen LogP contribution in [-0.4, -0.2) is 37.3 Å². The molecule has 0 aromatic carbocycles. The molecule has 0 aliphatic carbocycles. The Kier molecular flexibility index (Phi) is 9.05. The molecular weight excluding hydrogens is 326 g/mol. The van der Waals surface area contributed by atoms with Crippen LogP contribution in [0.5, 0.6) is 0 Å². The zero-order chi connectivity index (χ0) is 19.5.